The number of rotatable bonds is 7. The van der Waals surface area contributed by atoms with Crippen molar-refractivity contribution in [2.45, 2.75) is 40.3 Å². The Labute approximate surface area is 171 Å². The van der Waals surface area contributed by atoms with Crippen LogP contribution in [0.3, 0.4) is 0 Å². The summed E-state index contributed by atoms with van der Waals surface area (Å²) in [6.07, 6.45) is 1.25. The molecule has 3 rings (SSSR count). The van der Waals surface area contributed by atoms with E-state index < -0.39 is 11.5 Å². The van der Waals surface area contributed by atoms with Crippen LogP contribution < -0.4 is 10.9 Å². The largest absolute Gasteiger partial charge is 0.462 e. The molecule has 1 amide bonds. The fourth-order valence-electron chi connectivity index (χ4n) is 3.11. The molecule has 0 aliphatic heterocycles. The van der Waals surface area contributed by atoms with E-state index in [4.69, 9.17) is 9.15 Å². The van der Waals surface area contributed by atoms with Gasteiger partial charge in [-0.05, 0) is 31.2 Å². The number of hydrogen-bond acceptors (Lipinski definition) is 7. The maximum absolute atomic E-state index is 12.9. The number of carbonyl (C=O) groups is 2. The predicted molar refractivity (Wildman–Crippen MR) is 109 cm³/mol. The molecule has 0 fully saturated rings. The number of aryl methyl sites for hydroxylation is 1. The van der Waals surface area contributed by atoms with Gasteiger partial charge in [-0.25, -0.2) is 9.78 Å². The summed E-state index contributed by atoms with van der Waals surface area (Å²) in [5, 5.41) is 4.95. The van der Waals surface area contributed by atoms with Gasteiger partial charge in [-0.3, -0.25) is 14.2 Å². The molecule has 0 aliphatic carbocycles. The van der Waals surface area contributed by atoms with Gasteiger partial charge >= 0.3 is 5.97 Å². The average molecular weight is 417 g/mol. The number of nitrogens with one attached hydrogen (secondary N) is 1. The third-order valence-corrected chi connectivity index (χ3v) is 5.44. The van der Waals surface area contributed by atoms with Crippen LogP contribution in [0.4, 0.5) is 0 Å². The molecular formula is C20H23N3O5S. The van der Waals surface area contributed by atoms with Crippen molar-refractivity contribution in [3.63, 3.8) is 0 Å². The molecule has 0 aromatic carbocycles. The zero-order chi connectivity index (χ0) is 21.1. The van der Waals surface area contributed by atoms with E-state index in [1.54, 1.807) is 25.2 Å². The van der Waals surface area contributed by atoms with Crippen molar-refractivity contribution in [1.29, 1.82) is 0 Å². The predicted octanol–water partition coefficient (Wildman–Crippen LogP) is 3.05. The summed E-state index contributed by atoms with van der Waals surface area (Å²) in [5.74, 6) is -0.537. The molecule has 0 saturated heterocycles. The van der Waals surface area contributed by atoms with Gasteiger partial charge in [0.05, 0.1) is 12.6 Å². The monoisotopic (exact) mass is 417 g/mol. The SMILES string of the molecule is CCOC(=O)c1c(C)oc2ncn(CC(=O)NC(c3cccs3)C(C)C)c(=O)c12. The van der Waals surface area contributed by atoms with Gasteiger partial charge in [-0.1, -0.05) is 19.9 Å². The van der Waals surface area contributed by atoms with Crippen LogP contribution in [0.1, 0.15) is 47.8 Å². The van der Waals surface area contributed by atoms with Crippen LogP contribution in [0.25, 0.3) is 11.1 Å². The van der Waals surface area contributed by atoms with Gasteiger partial charge in [0.25, 0.3) is 5.56 Å². The van der Waals surface area contributed by atoms with E-state index in [1.165, 1.54) is 10.9 Å². The zero-order valence-corrected chi connectivity index (χ0v) is 17.5. The van der Waals surface area contributed by atoms with E-state index in [9.17, 15) is 14.4 Å². The van der Waals surface area contributed by atoms with Crippen LogP contribution in [0.15, 0.2) is 33.1 Å². The minimum atomic E-state index is -0.651. The number of nitrogens with zero attached hydrogens (tertiary/aromatic N) is 2. The lowest BCUT2D eigenvalue weighted by Gasteiger charge is -2.21. The lowest BCUT2D eigenvalue weighted by Crippen LogP contribution is -2.36. The smallest absolute Gasteiger partial charge is 0.342 e. The third-order valence-electron chi connectivity index (χ3n) is 4.48. The van der Waals surface area contributed by atoms with Gasteiger partial charge in [0.15, 0.2) is 0 Å². The highest BCUT2D eigenvalue weighted by Gasteiger charge is 2.25. The highest BCUT2D eigenvalue weighted by molar-refractivity contribution is 7.10. The highest BCUT2D eigenvalue weighted by Crippen LogP contribution is 2.26. The molecule has 1 N–H and O–H groups in total. The molecule has 0 saturated carbocycles. The number of amides is 1. The molecule has 0 radical (unpaired) electrons. The summed E-state index contributed by atoms with van der Waals surface area (Å²) in [7, 11) is 0. The van der Waals surface area contributed by atoms with Crippen molar-refractivity contribution < 1.29 is 18.7 Å². The van der Waals surface area contributed by atoms with Gasteiger partial charge < -0.3 is 14.5 Å². The second kappa shape index (κ2) is 8.60. The van der Waals surface area contributed by atoms with E-state index in [0.717, 1.165) is 4.88 Å². The van der Waals surface area contributed by atoms with E-state index in [0.29, 0.717) is 0 Å². The number of esters is 1. The van der Waals surface area contributed by atoms with Gasteiger partial charge in [-0.2, -0.15) is 0 Å². The van der Waals surface area contributed by atoms with Gasteiger partial charge in [0.1, 0.15) is 29.6 Å². The molecule has 29 heavy (non-hydrogen) atoms. The van der Waals surface area contributed by atoms with Crippen molar-refractivity contribution >= 4 is 34.3 Å². The minimum Gasteiger partial charge on any atom is -0.462 e. The second-order valence-electron chi connectivity index (χ2n) is 6.92. The molecule has 0 spiro atoms. The Kier molecular flexibility index (Phi) is 6.17. The molecule has 8 nitrogen and oxygen atoms in total. The highest BCUT2D eigenvalue weighted by atomic mass is 32.1. The van der Waals surface area contributed by atoms with Crippen LogP contribution in [-0.4, -0.2) is 28.0 Å². The summed E-state index contributed by atoms with van der Waals surface area (Å²) < 4.78 is 11.6. The standard InChI is InChI=1S/C20H23N3O5S/c1-5-27-20(26)15-12(4)28-18-16(15)19(25)23(10-21-18)9-14(24)22-17(11(2)3)13-7-6-8-29-13/h6-8,10-11,17H,5,9H2,1-4H3,(H,22,24). The Morgan fingerprint density at radius 3 is 2.76 bits per heavy atom. The van der Waals surface area contributed by atoms with E-state index in [1.807, 2.05) is 31.4 Å². The van der Waals surface area contributed by atoms with Crippen molar-refractivity contribution in [2.24, 2.45) is 5.92 Å². The fraction of sp³-hybridized carbons (Fsp3) is 0.400. The molecule has 1 unspecified atom stereocenters. The number of aromatic nitrogens is 2. The lowest BCUT2D eigenvalue weighted by molar-refractivity contribution is -0.122. The van der Waals surface area contributed by atoms with Crippen molar-refractivity contribution in [3.05, 3.63) is 50.4 Å². The molecule has 0 bridgehead atoms. The Hall–Kier alpha value is -2.94. The maximum atomic E-state index is 12.9. The number of hydrogen-bond donors (Lipinski definition) is 1. The Bertz CT molecular complexity index is 1080. The topological polar surface area (TPSA) is 103 Å². The molecule has 3 aromatic rings. The first-order chi connectivity index (χ1) is 13.8. The summed E-state index contributed by atoms with van der Waals surface area (Å²) in [5.41, 5.74) is -0.430. The number of ether oxygens (including phenoxy) is 1. The minimum absolute atomic E-state index is 0.0231. The number of thiophene rings is 1. The Morgan fingerprint density at radius 2 is 2.14 bits per heavy atom. The lowest BCUT2D eigenvalue weighted by atomic mass is 10.0. The summed E-state index contributed by atoms with van der Waals surface area (Å²) in [6.45, 7) is 7.23. The fourth-order valence-corrected chi connectivity index (χ4v) is 4.06. The average Bonchev–Trinajstić information content (AvgIpc) is 3.29. The second-order valence-corrected chi connectivity index (χ2v) is 7.90. The first-order valence-electron chi connectivity index (χ1n) is 9.31. The number of furan rings is 1. The zero-order valence-electron chi connectivity index (χ0n) is 16.7. The van der Waals surface area contributed by atoms with Crippen LogP contribution in [-0.2, 0) is 16.1 Å². The molecule has 1 atom stereocenters. The first-order valence-corrected chi connectivity index (χ1v) is 10.2. The Morgan fingerprint density at radius 1 is 1.38 bits per heavy atom. The molecule has 154 valence electrons. The normalized spacial score (nSPS) is 12.3. The Balaban J connectivity index is 1.89. The van der Waals surface area contributed by atoms with Crippen LogP contribution in [0.2, 0.25) is 0 Å². The van der Waals surface area contributed by atoms with Crippen LogP contribution in [0, 0.1) is 12.8 Å². The van der Waals surface area contributed by atoms with Crippen molar-refractivity contribution in [3.8, 4) is 0 Å². The number of fused-ring (bicyclic) bond motifs is 1. The van der Waals surface area contributed by atoms with Crippen LogP contribution >= 0.6 is 11.3 Å². The quantitative estimate of drug-likeness (QED) is 0.593. The molecular weight excluding hydrogens is 394 g/mol. The number of carbonyl (C=O) groups excluding carboxylic acids is 2. The summed E-state index contributed by atoms with van der Waals surface area (Å²) in [6, 6.07) is 3.75. The molecule has 0 aliphatic rings. The van der Waals surface area contributed by atoms with Crippen molar-refractivity contribution in [2.75, 3.05) is 6.61 Å². The van der Waals surface area contributed by atoms with E-state index >= 15 is 0 Å². The summed E-state index contributed by atoms with van der Waals surface area (Å²) >= 11 is 1.57. The molecule has 3 aromatic heterocycles. The molecule has 3 heterocycles. The summed E-state index contributed by atoms with van der Waals surface area (Å²) in [4.78, 5) is 42.9. The van der Waals surface area contributed by atoms with E-state index in [2.05, 4.69) is 10.3 Å². The van der Waals surface area contributed by atoms with Crippen LogP contribution in [0.5, 0.6) is 0 Å². The molecule has 9 heteroatoms. The maximum Gasteiger partial charge on any atom is 0.342 e. The third kappa shape index (κ3) is 4.24. The first kappa shape index (κ1) is 20.8. The van der Waals surface area contributed by atoms with Gasteiger partial charge in [0, 0.05) is 4.88 Å². The van der Waals surface area contributed by atoms with Gasteiger partial charge in [-0.15, -0.1) is 11.3 Å². The van der Waals surface area contributed by atoms with Crippen molar-refractivity contribution in [1.82, 2.24) is 14.9 Å². The van der Waals surface area contributed by atoms with Gasteiger partial charge in [0.2, 0.25) is 11.6 Å². The van der Waals surface area contributed by atoms with E-state index in [-0.39, 0.29) is 53.4 Å².